The Hall–Kier alpha value is -1.40. The summed E-state index contributed by atoms with van der Waals surface area (Å²) in [6, 6.07) is 1.48. The lowest BCUT2D eigenvalue weighted by molar-refractivity contribution is -0.00413. The maximum absolute atomic E-state index is 10.7. The molecular weight excluding hydrogens is 248 g/mol. The molecule has 2 rings (SSSR count). The van der Waals surface area contributed by atoms with E-state index in [0.717, 1.165) is 39.0 Å². The number of rotatable bonds is 6. The first-order valence-corrected chi connectivity index (χ1v) is 6.72. The fraction of sp³-hybridized carbons (Fsp3) is 0.692. The second kappa shape index (κ2) is 6.68. The molecule has 6 nitrogen and oxygen atoms in total. The van der Waals surface area contributed by atoms with Crippen LogP contribution >= 0.6 is 0 Å². The van der Waals surface area contributed by atoms with Crippen LogP contribution in [0.5, 0.6) is 0 Å². The van der Waals surface area contributed by atoms with Crippen LogP contribution in [0.25, 0.3) is 0 Å². The van der Waals surface area contributed by atoms with Crippen molar-refractivity contribution in [1.29, 1.82) is 0 Å². The number of piperidine rings is 1. The zero-order valence-electron chi connectivity index (χ0n) is 11.2. The van der Waals surface area contributed by atoms with E-state index >= 15 is 0 Å². The third kappa shape index (κ3) is 4.04. The number of ether oxygens (including phenoxy) is 1. The molecule has 6 heteroatoms. The van der Waals surface area contributed by atoms with Crippen LogP contribution < -0.4 is 0 Å². The van der Waals surface area contributed by atoms with E-state index in [-0.39, 0.29) is 11.8 Å². The smallest absolute Gasteiger partial charge is 0.358 e. The number of likely N-dealkylation sites (tertiary alicyclic amines) is 1. The number of carboxylic acid groups (broad SMARTS) is 1. The summed E-state index contributed by atoms with van der Waals surface area (Å²) in [5.74, 6) is -0.466. The summed E-state index contributed by atoms with van der Waals surface area (Å²) >= 11 is 0. The van der Waals surface area contributed by atoms with Crippen LogP contribution in [-0.4, -0.2) is 46.9 Å². The van der Waals surface area contributed by atoms with Gasteiger partial charge in [0.15, 0.2) is 11.5 Å². The van der Waals surface area contributed by atoms with Crippen LogP contribution in [0.15, 0.2) is 10.6 Å². The van der Waals surface area contributed by atoms with Gasteiger partial charge in [0.2, 0.25) is 0 Å². The van der Waals surface area contributed by atoms with Crippen molar-refractivity contribution >= 4 is 5.97 Å². The van der Waals surface area contributed by atoms with Crippen molar-refractivity contribution in [2.45, 2.75) is 38.8 Å². The zero-order chi connectivity index (χ0) is 13.7. The lowest BCUT2D eigenvalue weighted by Gasteiger charge is -2.31. The minimum absolute atomic E-state index is 0.0363. The highest BCUT2D eigenvalue weighted by molar-refractivity contribution is 5.85. The number of hydrogen-bond donors (Lipinski definition) is 1. The van der Waals surface area contributed by atoms with Gasteiger partial charge in [-0.2, -0.15) is 0 Å². The highest BCUT2D eigenvalue weighted by Crippen LogP contribution is 2.16. The molecule has 0 spiro atoms. The van der Waals surface area contributed by atoms with Gasteiger partial charge in [-0.1, -0.05) is 12.1 Å². The first-order chi connectivity index (χ1) is 9.19. The normalized spacial score (nSPS) is 20.6. The first kappa shape index (κ1) is 14.0. The minimum Gasteiger partial charge on any atom is -0.476 e. The standard InChI is InChI=1S/C13H20N2O4/c1-2-6-18-10-4-3-5-15(8-10)9-11-7-12(13(16)17)14-19-11/h7,10H,2-6,8-9H2,1H3,(H,16,17). The predicted octanol–water partition coefficient (Wildman–Crippen LogP) is 1.76. The molecular formula is C13H20N2O4. The Morgan fingerprint density at radius 1 is 1.68 bits per heavy atom. The number of carboxylic acids is 1. The van der Waals surface area contributed by atoms with Crippen molar-refractivity contribution in [2.75, 3.05) is 19.7 Å². The molecule has 0 aliphatic carbocycles. The highest BCUT2D eigenvalue weighted by atomic mass is 16.5. The molecule has 1 unspecified atom stereocenters. The van der Waals surface area contributed by atoms with Gasteiger partial charge in [-0.15, -0.1) is 0 Å². The van der Waals surface area contributed by atoms with E-state index < -0.39 is 5.97 Å². The fourth-order valence-corrected chi connectivity index (χ4v) is 2.29. The molecule has 1 N–H and O–H groups in total. The summed E-state index contributed by atoms with van der Waals surface area (Å²) in [6.45, 7) is 5.33. The maximum Gasteiger partial charge on any atom is 0.358 e. The topological polar surface area (TPSA) is 75.8 Å². The molecule has 0 amide bonds. The number of hydrogen-bond acceptors (Lipinski definition) is 5. The lowest BCUT2D eigenvalue weighted by Crippen LogP contribution is -2.39. The lowest BCUT2D eigenvalue weighted by atomic mass is 10.1. The van der Waals surface area contributed by atoms with E-state index in [1.807, 2.05) is 0 Å². The summed E-state index contributed by atoms with van der Waals surface area (Å²) in [4.78, 5) is 12.9. The van der Waals surface area contributed by atoms with Crippen molar-refractivity contribution < 1.29 is 19.2 Å². The zero-order valence-corrected chi connectivity index (χ0v) is 11.2. The Labute approximate surface area is 112 Å². The van der Waals surface area contributed by atoms with Gasteiger partial charge >= 0.3 is 5.97 Å². The molecule has 1 aliphatic rings. The average molecular weight is 268 g/mol. The summed E-state index contributed by atoms with van der Waals surface area (Å²) in [6.07, 6.45) is 3.48. The van der Waals surface area contributed by atoms with E-state index in [1.54, 1.807) is 0 Å². The molecule has 1 atom stereocenters. The van der Waals surface area contributed by atoms with Gasteiger partial charge < -0.3 is 14.4 Å². The van der Waals surface area contributed by atoms with Crippen LogP contribution in [0, 0.1) is 0 Å². The largest absolute Gasteiger partial charge is 0.476 e. The number of carbonyl (C=O) groups is 1. The van der Waals surface area contributed by atoms with Crippen molar-refractivity contribution in [3.63, 3.8) is 0 Å². The fourth-order valence-electron chi connectivity index (χ4n) is 2.29. The monoisotopic (exact) mass is 268 g/mol. The first-order valence-electron chi connectivity index (χ1n) is 6.72. The highest BCUT2D eigenvalue weighted by Gasteiger charge is 2.22. The van der Waals surface area contributed by atoms with Crippen LogP contribution in [0.3, 0.4) is 0 Å². The number of aromatic carboxylic acids is 1. The molecule has 1 aromatic heterocycles. The summed E-state index contributed by atoms with van der Waals surface area (Å²) in [7, 11) is 0. The maximum atomic E-state index is 10.7. The Kier molecular flexibility index (Phi) is 4.93. The van der Waals surface area contributed by atoms with Crippen molar-refractivity contribution in [3.8, 4) is 0 Å². The second-order valence-corrected chi connectivity index (χ2v) is 4.85. The van der Waals surface area contributed by atoms with E-state index in [4.69, 9.17) is 14.4 Å². The van der Waals surface area contributed by atoms with Crippen LogP contribution in [-0.2, 0) is 11.3 Å². The SMILES string of the molecule is CCCOC1CCCN(Cc2cc(C(=O)O)no2)C1. The van der Waals surface area contributed by atoms with E-state index in [1.165, 1.54) is 6.07 Å². The minimum atomic E-state index is -1.06. The van der Waals surface area contributed by atoms with E-state index in [9.17, 15) is 4.79 Å². The van der Waals surface area contributed by atoms with Gasteiger partial charge in [-0.25, -0.2) is 4.79 Å². The summed E-state index contributed by atoms with van der Waals surface area (Å²) in [5.41, 5.74) is -0.0363. The Balaban J connectivity index is 1.85. The Morgan fingerprint density at radius 2 is 2.53 bits per heavy atom. The predicted molar refractivity (Wildman–Crippen MR) is 68.0 cm³/mol. The Morgan fingerprint density at radius 3 is 3.21 bits per heavy atom. The van der Waals surface area contributed by atoms with E-state index in [0.29, 0.717) is 12.3 Å². The molecule has 0 bridgehead atoms. The number of nitrogens with zero attached hydrogens (tertiary/aromatic N) is 2. The average Bonchev–Trinajstić information content (AvgIpc) is 2.85. The molecule has 2 heterocycles. The molecule has 106 valence electrons. The van der Waals surface area contributed by atoms with Crippen LogP contribution in [0.2, 0.25) is 0 Å². The van der Waals surface area contributed by atoms with Gasteiger partial charge in [-0.3, -0.25) is 4.90 Å². The molecule has 19 heavy (non-hydrogen) atoms. The Bertz CT molecular complexity index is 419. The van der Waals surface area contributed by atoms with Gasteiger partial charge in [-0.05, 0) is 25.8 Å². The van der Waals surface area contributed by atoms with Crippen molar-refractivity contribution in [3.05, 3.63) is 17.5 Å². The third-order valence-corrected chi connectivity index (χ3v) is 3.18. The summed E-state index contributed by atoms with van der Waals surface area (Å²) in [5, 5.41) is 12.3. The molecule has 0 aromatic carbocycles. The molecule has 1 saturated heterocycles. The van der Waals surface area contributed by atoms with E-state index in [2.05, 4.69) is 17.0 Å². The summed E-state index contributed by atoms with van der Waals surface area (Å²) < 4.78 is 10.8. The molecule has 1 fully saturated rings. The quantitative estimate of drug-likeness (QED) is 0.847. The van der Waals surface area contributed by atoms with Crippen LogP contribution in [0.1, 0.15) is 42.4 Å². The second-order valence-electron chi connectivity index (χ2n) is 4.85. The van der Waals surface area contributed by atoms with Gasteiger partial charge in [0.05, 0.1) is 12.6 Å². The van der Waals surface area contributed by atoms with Gasteiger partial charge in [0.25, 0.3) is 0 Å². The van der Waals surface area contributed by atoms with Gasteiger partial charge in [0.1, 0.15) is 0 Å². The molecule has 1 aliphatic heterocycles. The molecule has 0 saturated carbocycles. The van der Waals surface area contributed by atoms with Crippen molar-refractivity contribution in [1.82, 2.24) is 10.1 Å². The third-order valence-electron chi connectivity index (χ3n) is 3.18. The number of aromatic nitrogens is 1. The molecule has 0 radical (unpaired) electrons. The van der Waals surface area contributed by atoms with Gasteiger partial charge in [0, 0.05) is 19.2 Å². The van der Waals surface area contributed by atoms with Crippen LogP contribution in [0.4, 0.5) is 0 Å². The molecule has 1 aromatic rings. The van der Waals surface area contributed by atoms with Crippen molar-refractivity contribution in [2.24, 2.45) is 0 Å².